The van der Waals surface area contributed by atoms with Crippen LogP contribution in [-0.2, 0) is 12.0 Å². The van der Waals surface area contributed by atoms with Gasteiger partial charge in [-0.3, -0.25) is 4.79 Å². The van der Waals surface area contributed by atoms with E-state index in [-0.39, 0.29) is 17.2 Å². The van der Waals surface area contributed by atoms with Crippen LogP contribution in [-0.4, -0.2) is 22.3 Å². The third kappa shape index (κ3) is 5.22. The number of carbonyl (C=O) groups is 1. The fraction of sp³-hybridized carbons (Fsp3) is 0.345. The number of H-pyrrole nitrogens is 1. The van der Waals surface area contributed by atoms with Crippen LogP contribution in [0.3, 0.4) is 0 Å². The van der Waals surface area contributed by atoms with Gasteiger partial charge in [-0.1, -0.05) is 64.1 Å². The number of benzene rings is 2. The third-order valence-electron chi connectivity index (χ3n) is 6.38. The lowest BCUT2D eigenvalue weighted by Gasteiger charge is -2.25. The molecule has 33 heavy (non-hydrogen) atoms. The predicted molar refractivity (Wildman–Crippen MR) is 135 cm³/mol. The van der Waals surface area contributed by atoms with E-state index in [1.165, 1.54) is 5.56 Å². The number of rotatable bonds is 7. The van der Waals surface area contributed by atoms with Crippen molar-refractivity contribution in [1.29, 1.82) is 0 Å². The van der Waals surface area contributed by atoms with Crippen molar-refractivity contribution in [3.05, 3.63) is 95.1 Å². The fourth-order valence-electron chi connectivity index (χ4n) is 4.23. The number of fused-ring (bicyclic) bond motifs is 1. The molecule has 4 nitrogen and oxygen atoms in total. The Morgan fingerprint density at radius 1 is 1.03 bits per heavy atom. The van der Waals surface area contributed by atoms with Crippen molar-refractivity contribution in [2.45, 2.75) is 58.9 Å². The van der Waals surface area contributed by atoms with Gasteiger partial charge >= 0.3 is 0 Å². The Hall–Kier alpha value is -3.27. The zero-order valence-corrected chi connectivity index (χ0v) is 20.3. The van der Waals surface area contributed by atoms with Crippen LogP contribution < -0.4 is 0 Å². The van der Waals surface area contributed by atoms with E-state index in [4.69, 9.17) is 4.42 Å². The molecule has 0 saturated heterocycles. The number of furan rings is 1. The van der Waals surface area contributed by atoms with Crippen LogP contribution in [0.2, 0.25) is 0 Å². The van der Waals surface area contributed by atoms with Gasteiger partial charge in [0.15, 0.2) is 0 Å². The van der Waals surface area contributed by atoms with Gasteiger partial charge < -0.3 is 14.3 Å². The second-order valence-electron chi connectivity index (χ2n) is 10.1. The molecule has 4 aromatic rings. The molecule has 2 heterocycles. The molecule has 0 radical (unpaired) electrons. The first kappa shape index (κ1) is 22.9. The summed E-state index contributed by atoms with van der Waals surface area (Å²) in [6.07, 6.45) is 2.72. The summed E-state index contributed by atoms with van der Waals surface area (Å²) in [5.41, 5.74) is 4.14. The van der Waals surface area contributed by atoms with Gasteiger partial charge in [0.1, 0.15) is 11.5 Å². The maximum absolute atomic E-state index is 13.7. The Kier molecular flexibility index (Phi) is 6.46. The molecule has 2 aromatic heterocycles. The van der Waals surface area contributed by atoms with Gasteiger partial charge in [0, 0.05) is 30.6 Å². The normalized spacial score (nSPS) is 12.8. The van der Waals surface area contributed by atoms with Crippen molar-refractivity contribution in [2.24, 2.45) is 0 Å². The van der Waals surface area contributed by atoms with Crippen molar-refractivity contribution in [1.82, 2.24) is 9.88 Å². The Labute approximate surface area is 196 Å². The summed E-state index contributed by atoms with van der Waals surface area (Å²) in [4.78, 5) is 18.9. The SMILES string of the molecule is Cc1ccc(C(C)CCN(Cc2ccc(C(C)(C)C)cc2)C(=O)c2cccc3cc[nH]c23)o1. The number of hydrogen-bond acceptors (Lipinski definition) is 2. The summed E-state index contributed by atoms with van der Waals surface area (Å²) in [5, 5.41) is 1.05. The monoisotopic (exact) mass is 442 g/mol. The fourth-order valence-corrected chi connectivity index (χ4v) is 4.23. The number of nitrogens with one attached hydrogen (secondary N) is 1. The summed E-state index contributed by atoms with van der Waals surface area (Å²) in [5.74, 6) is 2.17. The second-order valence-corrected chi connectivity index (χ2v) is 10.1. The van der Waals surface area contributed by atoms with Gasteiger partial charge in [-0.15, -0.1) is 0 Å². The molecule has 2 aromatic carbocycles. The highest BCUT2D eigenvalue weighted by molar-refractivity contribution is 6.05. The molecule has 0 aliphatic rings. The average molecular weight is 443 g/mol. The van der Waals surface area contributed by atoms with E-state index < -0.39 is 0 Å². The van der Waals surface area contributed by atoms with Gasteiger partial charge in [-0.05, 0) is 54.2 Å². The minimum atomic E-state index is 0.0470. The van der Waals surface area contributed by atoms with E-state index in [1.54, 1.807) is 0 Å². The molecular weight excluding hydrogens is 408 g/mol. The van der Waals surface area contributed by atoms with Gasteiger partial charge in [-0.25, -0.2) is 0 Å². The number of aromatic nitrogens is 1. The maximum Gasteiger partial charge on any atom is 0.256 e. The molecule has 1 unspecified atom stereocenters. The molecule has 0 saturated carbocycles. The molecule has 0 aliphatic carbocycles. The van der Waals surface area contributed by atoms with Crippen LogP contribution >= 0.6 is 0 Å². The number of hydrogen-bond donors (Lipinski definition) is 1. The molecule has 172 valence electrons. The van der Waals surface area contributed by atoms with E-state index in [2.05, 4.69) is 56.9 Å². The summed E-state index contributed by atoms with van der Waals surface area (Å²) in [6, 6.07) is 20.6. The van der Waals surface area contributed by atoms with Crippen molar-refractivity contribution in [2.75, 3.05) is 6.54 Å². The minimum absolute atomic E-state index is 0.0470. The molecule has 1 amide bonds. The van der Waals surface area contributed by atoms with Crippen molar-refractivity contribution < 1.29 is 9.21 Å². The second kappa shape index (κ2) is 9.30. The van der Waals surface area contributed by atoms with Crippen LogP contribution in [0.25, 0.3) is 10.9 Å². The summed E-state index contributed by atoms with van der Waals surface area (Å²) >= 11 is 0. The zero-order valence-electron chi connectivity index (χ0n) is 20.3. The summed E-state index contributed by atoms with van der Waals surface area (Å²) in [7, 11) is 0. The molecular formula is C29H34N2O2. The topological polar surface area (TPSA) is 49.2 Å². The molecule has 1 N–H and O–H groups in total. The lowest BCUT2D eigenvalue weighted by atomic mass is 9.87. The number of amides is 1. The molecule has 4 heteroatoms. The van der Waals surface area contributed by atoms with E-state index in [0.29, 0.717) is 18.7 Å². The van der Waals surface area contributed by atoms with Gasteiger partial charge in [0.2, 0.25) is 0 Å². The summed E-state index contributed by atoms with van der Waals surface area (Å²) in [6.45, 7) is 12.0. The van der Waals surface area contributed by atoms with Gasteiger partial charge in [0.25, 0.3) is 5.91 Å². The Morgan fingerprint density at radius 2 is 1.79 bits per heavy atom. The van der Waals surface area contributed by atoms with Crippen LogP contribution in [0.15, 0.2) is 71.3 Å². The van der Waals surface area contributed by atoms with E-state index in [0.717, 1.165) is 34.4 Å². The number of nitrogens with zero attached hydrogens (tertiary/aromatic N) is 1. The first-order chi connectivity index (χ1) is 15.7. The van der Waals surface area contributed by atoms with Gasteiger partial charge in [-0.2, -0.15) is 0 Å². The molecule has 0 spiro atoms. The maximum atomic E-state index is 13.7. The quantitative estimate of drug-likeness (QED) is 0.329. The van der Waals surface area contributed by atoms with Crippen LogP contribution in [0.4, 0.5) is 0 Å². The standard InChI is InChI=1S/C29H34N2O2/c1-20(26-14-9-21(2)33-26)16-18-31(19-22-10-12-24(13-11-22)29(3,4)5)28(32)25-8-6-7-23-15-17-30-27(23)25/h6-15,17,20,30H,16,18-19H2,1-5H3. The van der Waals surface area contributed by atoms with Gasteiger partial charge in [0.05, 0.1) is 11.1 Å². The van der Waals surface area contributed by atoms with Crippen molar-refractivity contribution >= 4 is 16.8 Å². The average Bonchev–Trinajstić information content (AvgIpc) is 3.44. The van der Waals surface area contributed by atoms with Crippen LogP contribution in [0, 0.1) is 6.92 Å². The molecule has 4 rings (SSSR count). The minimum Gasteiger partial charge on any atom is -0.466 e. The largest absolute Gasteiger partial charge is 0.466 e. The Bertz CT molecular complexity index is 1220. The lowest BCUT2D eigenvalue weighted by Crippen LogP contribution is -2.32. The Morgan fingerprint density at radius 3 is 2.45 bits per heavy atom. The van der Waals surface area contributed by atoms with E-state index >= 15 is 0 Å². The number of para-hydroxylation sites is 1. The first-order valence-corrected chi connectivity index (χ1v) is 11.7. The van der Waals surface area contributed by atoms with Crippen LogP contribution in [0.1, 0.15) is 73.0 Å². The van der Waals surface area contributed by atoms with E-state index in [9.17, 15) is 4.79 Å². The highest BCUT2D eigenvalue weighted by atomic mass is 16.3. The highest BCUT2D eigenvalue weighted by Crippen LogP contribution is 2.26. The van der Waals surface area contributed by atoms with Crippen LogP contribution in [0.5, 0.6) is 0 Å². The third-order valence-corrected chi connectivity index (χ3v) is 6.38. The molecule has 0 fully saturated rings. The Balaban J connectivity index is 1.58. The zero-order chi connectivity index (χ0) is 23.6. The molecule has 0 aliphatic heterocycles. The number of aryl methyl sites for hydroxylation is 1. The first-order valence-electron chi connectivity index (χ1n) is 11.7. The number of carbonyl (C=O) groups excluding carboxylic acids is 1. The highest BCUT2D eigenvalue weighted by Gasteiger charge is 2.21. The van der Waals surface area contributed by atoms with Crippen molar-refractivity contribution in [3.8, 4) is 0 Å². The van der Waals surface area contributed by atoms with E-state index in [1.807, 2.05) is 54.4 Å². The smallest absolute Gasteiger partial charge is 0.256 e. The lowest BCUT2D eigenvalue weighted by molar-refractivity contribution is 0.0739. The molecule has 1 atom stereocenters. The predicted octanol–water partition coefficient (Wildman–Crippen LogP) is 7.20. The summed E-state index contributed by atoms with van der Waals surface area (Å²) < 4.78 is 5.82. The molecule has 0 bridgehead atoms. The number of aromatic amines is 1. The van der Waals surface area contributed by atoms with Crippen molar-refractivity contribution in [3.63, 3.8) is 0 Å².